The molecule has 5 heteroatoms. The predicted molar refractivity (Wildman–Crippen MR) is 150 cm³/mol. The van der Waals surface area contributed by atoms with E-state index < -0.39 is 10.0 Å². The van der Waals surface area contributed by atoms with Gasteiger partial charge >= 0.3 is 0 Å². The molecule has 2 aliphatic heterocycles. The molecule has 6 rings (SSSR count). The van der Waals surface area contributed by atoms with Crippen molar-refractivity contribution in [3.63, 3.8) is 0 Å². The average Bonchev–Trinajstić information content (AvgIpc) is 3.39. The Kier molecular flexibility index (Phi) is 6.85. The minimum absolute atomic E-state index is 0.197. The lowest BCUT2D eigenvalue weighted by molar-refractivity contribution is 0.180. The SMILES string of the molecule is O=S(=O)(c1ccc2ccccc2c1)N1CC(CN2CCC(c3ccccc3)CC2)[C@@H](c2ccccc2)C1. The maximum atomic E-state index is 13.8. The smallest absolute Gasteiger partial charge is 0.243 e. The van der Waals surface area contributed by atoms with Gasteiger partial charge in [0.15, 0.2) is 0 Å². The van der Waals surface area contributed by atoms with E-state index in [0.29, 0.717) is 23.9 Å². The molecule has 2 atom stereocenters. The summed E-state index contributed by atoms with van der Waals surface area (Å²) in [6.07, 6.45) is 2.32. The Morgan fingerprint density at radius 3 is 2.00 bits per heavy atom. The van der Waals surface area contributed by atoms with E-state index in [1.807, 2.05) is 42.5 Å². The van der Waals surface area contributed by atoms with E-state index in [-0.39, 0.29) is 11.8 Å². The van der Waals surface area contributed by atoms with Crippen LogP contribution in [-0.4, -0.2) is 50.3 Å². The van der Waals surface area contributed by atoms with Crippen molar-refractivity contribution in [1.82, 2.24) is 9.21 Å². The third-order valence-electron chi connectivity index (χ3n) is 8.35. The maximum Gasteiger partial charge on any atom is 0.243 e. The second-order valence-electron chi connectivity index (χ2n) is 10.6. The van der Waals surface area contributed by atoms with Gasteiger partial charge in [0, 0.05) is 25.6 Å². The third-order valence-corrected chi connectivity index (χ3v) is 10.2. The number of benzene rings is 4. The Morgan fingerprint density at radius 2 is 1.30 bits per heavy atom. The Morgan fingerprint density at radius 1 is 0.676 bits per heavy atom. The highest BCUT2D eigenvalue weighted by Crippen LogP contribution is 2.38. The minimum Gasteiger partial charge on any atom is -0.303 e. The monoisotopic (exact) mass is 510 g/mol. The van der Waals surface area contributed by atoms with Crippen LogP contribution in [0.25, 0.3) is 10.8 Å². The number of piperidine rings is 1. The molecule has 37 heavy (non-hydrogen) atoms. The second kappa shape index (κ2) is 10.4. The topological polar surface area (TPSA) is 40.6 Å². The van der Waals surface area contributed by atoms with E-state index in [0.717, 1.165) is 43.2 Å². The number of hydrogen-bond donors (Lipinski definition) is 0. The summed E-state index contributed by atoms with van der Waals surface area (Å²) >= 11 is 0. The highest BCUT2D eigenvalue weighted by atomic mass is 32.2. The zero-order valence-corrected chi connectivity index (χ0v) is 21.9. The highest BCUT2D eigenvalue weighted by Gasteiger charge is 2.41. The van der Waals surface area contributed by atoms with Crippen molar-refractivity contribution >= 4 is 20.8 Å². The van der Waals surface area contributed by atoms with Crippen molar-refractivity contribution < 1.29 is 8.42 Å². The summed E-state index contributed by atoms with van der Waals surface area (Å²) in [5.41, 5.74) is 2.68. The van der Waals surface area contributed by atoms with Crippen LogP contribution in [0, 0.1) is 5.92 Å². The van der Waals surface area contributed by atoms with Crippen molar-refractivity contribution in [2.75, 3.05) is 32.7 Å². The predicted octanol–water partition coefficient (Wildman–Crippen LogP) is 6.12. The molecular weight excluding hydrogens is 476 g/mol. The molecule has 0 saturated carbocycles. The fraction of sp³-hybridized carbons (Fsp3) is 0.312. The Labute approximate surface area is 220 Å². The zero-order chi connectivity index (χ0) is 25.2. The fourth-order valence-corrected chi connectivity index (χ4v) is 7.83. The molecule has 2 aliphatic rings. The van der Waals surface area contributed by atoms with Gasteiger partial charge < -0.3 is 4.90 Å². The molecule has 0 bridgehead atoms. The first kappa shape index (κ1) is 24.4. The van der Waals surface area contributed by atoms with E-state index in [9.17, 15) is 8.42 Å². The van der Waals surface area contributed by atoms with E-state index >= 15 is 0 Å². The minimum atomic E-state index is -3.57. The summed E-state index contributed by atoms with van der Waals surface area (Å²) in [5.74, 6) is 1.09. The number of likely N-dealkylation sites (tertiary alicyclic amines) is 1. The average molecular weight is 511 g/mol. The number of sulfonamides is 1. The molecule has 2 fully saturated rings. The lowest BCUT2D eigenvalue weighted by atomic mass is 9.86. The lowest BCUT2D eigenvalue weighted by Crippen LogP contribution is -2.38. The van der Waals surface area contributed by atoms with Gasteiger partial charge in [-0.2, -0.15) is 4.31 Å². The van der Waals surface area contributed by atoms with Crippen molar-refractivity contribution in [2.24, 2.45) is 5.92 Å². The summed E-state index contributed by atoms with van der Waals surface area (Å²) < 4.78 is 29.3. The summed E-state index contributed by atoms with van der Waals surface area (Å²) in [7, 11) is -3.57. The Hall–Kier alpha value is -2.99. The van der Waals surface area contributed by atoms with Crippen LogP contribution in [0.3, 0.4) is 0 Å². The van der Waals surface area contributed by atoms with Crippen LogP contribution in [0.2, 0.25) is 0 Å². The molecule has 1 unspecified atom stereocenters. The summed E-state index contributed by atoms with van der Waals surface area (Å²) in [6.45, 7) is 4.16. The van der Waals surface area contributed by atoms with Gasteiger partial charge in [-0.25, -0.2) is 8.42 Å². The molecule has 0 amide bonds. The second-order valence-corrected chi connectivity index (χ2v) is 12.5. The molecule has 2 saturated heterocycles. The van der Waals surface area contributed by atoms with Crippen LogP contribution in [0.4, 0.5) is 0 Å². The van der Waals surface area contributed by atoms with Crippen LogP contribution in [-0.2, 0) is 10.0 Å². The van der Waals surface area contributed by atoms with Crippen LogP contribution >= 0.6 is 0 Å². The van der Waals surface area contributed by atoms with Crippen LogP contribution in [0.5, 0.6) is 0 Å². The van der Waals surface area contributed by atoms with E-state index in [1.165, 1.54) is 11.1 Å². The van der Waals surface area contributed by atoms with Crippen molar-refractivity contribution in [1.29, 1.82) is 0 Å². The van der Waals surface area contributed by atoms with Gasteiger partial charge in [0.2, 0.25) is 10.0 Å². The molecule has 4 nitrogen and oxygen atoms in total. The van der Waals surface area contributed by atoms with E-state index in [4.69, 9.17) is 0 Å². The quantitative estimate of drug-likeness (QED) is 0.314. The molecule has 0 radical (unpaired) electrons. The molecule has 4 aromatic rings. The number of fused-ring (bicyclic) bond motifs is 1. The fourth-order valence-electron chi connectivity index (χ4n) is 6.27. The van der Waals surface area contributed by atoms with E-state index in [2.05, 4.69) is 59.5 Å². The van der Waals surface area contributed by atoms with Crippen LogP contribution < -0.4 is 0 Å². The highest BCUT2D eigenvalue weighted by molar-refractivity contribution is 7.89. The van der Waals surface area contributed by atoms with Crippen LogP contribution in [0.1, 0.15) is 35.8 Å². The first-order valence-corrected chi connectivity index (χ1v) is 14.8. The van der Waals surface area contributed by atoms with Gasteiger partial charge in [0.1, 0.15) is 0 Å². The molecular formula is C32H34N2O2S. The number of nitrogens with zero attached hydrogens (tertiary/aromatic N) is 2. The van der Waals surface area contributed by atoms with Crippen LogP contribution in [0.15, 0.2) is 108 Å². The standard InChI is InChI=1S/C32H34N2O2S/c35-37(36,31-16-15-26-11-7-8-14-29(26)21-31)34-23-30(32(24-34)28-12-5-2-6-13-28)22-33-19-17-27(18-20-33)25-9-3-1-4-10-25/h1-16,21,27,30,32H,17-20,22-24H2/t30?,32-/m1/s1. The zero-order valence-electron chi connectivity index (χ0n) is 21.1. The molecule has 0 spiro atoms. The van der Waals surface area contributed by atoms with Gasteiger partial charge in [0.25, 0.3) is 0 Å². The molecule has 0 aliphatic carbocycles. The maximum absolute atomic E-state index is 13.8. The van der Waals surface area contributed by atoms with Crippen molar-refractivity contribution in [2.45, 2.75) is 29.6 Å². The number of hydrogen-bond acceptors (Lipinski definition) is 3. The number of rotatable bonds is 6. The Bertz CT molecular complexity index is 1450. The summed E-state index contributed by atoms with van der Waals surface area (Å²) in [4.78, 5) is 2.95. The first-order valence-electron chi connectivity index (χ1n) is 13.4. The normalized spacial score (nSPS) is 21.9. The van der Waals surface area contributed by atoms with Crippen molar-refractivity contribution in [3.8, 4) is 0 Å². The molecule has 2 heterocycles. The molecule has 190 valence electrons. The Balaban J connectivity index is 1.21. The van der Waals surface area contributed by atoms with Gasteiger partial charge in [-0.15, -0.1) is 0 Å². The van der Waals surface area contributed by atoms with Gasteiger partial charge in [0.05, 0.1) is 4.90 Å². The van der Waals surface area contributed by atoms with Gasteiger partial charge in [-0.1, -0.05) is 91.0 Å². The molecule has 0 aromatic heterocycles. The first-order chi connectivity index (χ1) is 18.1. The van der Waals surface area contributed by atoms with Gasteiger partial charge in [-0.3, -0.25) is 0 Å². The van der Waals surface area contributed by atoms with Crippen molar-refractivity contribution in [3.05, 3.63) is 114 Å². The molecule has 4 aromatic carbocycles. The van der Waals surface area contributed by atoms with E-state index in [1.54, 1.807) is 10.4 Å². The summed E-state index contributed by atoms with van der Waals surface area (Å²) in [5, 5.41) is 2.02. The third kappa shape index (κ3) is 5.08. The summed E-state index contributed by atoms with van der Waals surface area (Å²) in [6, 6.07) is 34.8. The largest absolute Gasteiger partial charge is 0.303 e. The molecule has 0 N–H and O–H groups in total. The lowest BCUT2D eigenvalue weighted by Gasteiger charge is -2.35. The van der Waals surface area contributed by atoms with Gasteiger partial charge in [-0.05, 0) is 71.8 Å².